The summed E-state index contributed by atoms with van der Waals surface area (Å²) in [7, 11) is 0. The SMILES string of the molecule is C[C@@H]1O[C@@H](O[C@H]2[C@H](O[C@H]3CC[C@@]4(C)[C@@H](CC[C@]5(C)[C@@H]4CC=C4[C@@H]6CC(C)(C)CC[C@]6(C(=O)O[C@@H]6O[C@H](CO[C@@H]7O[C@H](CO)[C@@H](O[C@@H]8OC[C@H](O)[C@H](O)[C@H]8O)[C@H](O)[C@H]7O)[C@@H](O)[C@H](O)[C@H]6O)CC[C@]45C)[C@]3(C)CO)OC[C@H](O)[C@@H]2O)[C@H](O)[C@H](O)[C@H]1O. The van der Waals surface area contributed by atoms with Crippen LogP contribution in [0, 0.1) is 50.2 Å². The van der Waals surface area contributed by atoms with Crippen molar-refractivity contribution in [2.45, 2.75) is 260 Å². The summed E-state index contributed by atoms with van der Waals surface area (Å²) in [5, 5.41) is 162. The molecule has 10 rings (SSSR count). The van der Waals surface area contributed by atoms with Crippen molar-refractivity contribution in [2.24, 2.45) is 50.2 Å². The van der Waals surface area contributed by atoms with Crippen LogP contribution in [0.3, 0.4) is 0 Å². The molecule has 4 saturated carbocycles. The van der Waals surface area contributed by atoms with Crippen LogP contribution in [0.1, 0.15) is 113 Å². The van der Waals surface area contributed by atoms with Crippen molar-refractivity contribution < 1.29 is 129 Å². The number of aliphatic hydroxyl groups excluding tert-OH is 15. The average Bonchev–Trinajstić information content (AvgIpc) is 0.747. The van der Waals surface area contributed by atoms with Crippen molar-refractivity contribution in [3.05, 3.63) is 11.6 Å². The predicted octanol–water partition coefficient (Wildman–Crippen LogP) is -2.93. The first-order chi connectivity index (χ1) is 39.4. The number of allylic oxidation sites excluding steroid dienone is 2. The lowest BCUT2D eigenvalue weighted by Gasteiger charge is -2.71. The van der Waals surface area contributed by atoms with Crippen LogP contribution >= 0.6 is 0 Å². The first-order valence-electron chi connectivity index (χ1n) is 30.2. The molecule has 5 aliphatic carbocycles. The quantitative estimate of drug-likeness (QED) is 0.0499. The second-order valence-electron chi connectivity index (χ2n) is 28.1. The van der Waals surface area contributed by atoms with Gasteiger partial charge >= 0.3 is 5.97 Å². The highest BCUT2D eigenvalue weighted by atomic mass is 16.8. The highest BCUT2D eigenvalue weighted by molar-refractivity contribution is 5.79. The lowest BCUT2D eigenvalue weighted by molar-refractivity contribution is -0.365. The first-order valence-corrected chi connectivity index (χ1v) is 30.2. The van der Waals surface area contributed by atoms with Gasteiger partial charge in [-0.1, -0.05) is 53.2 Å². The molecule has 5 aliphatic heterocycles. The predicted molar refractivity (Wildman–Crippen MR) is 283 cm³/mol. The molecule has 26 heteroatoms. The van der Waals surface area contributed by atoms with E-state index < -0.39 is 189 Å². The lowest BCUT2D eigenvalue weighted by Crippen LogP contribution is -2.67. The Morgan fingerprint density at radius 1 is 0.571 bits per heavy atom. The minimum atomic E-state index is -1.90. The maximum atomic E-state index is 15.2. The van der Waals surface area contributed by atoms with E-state index in [9.17, 15) is 76.6 Å². The molecule has 482 valence electrons. The van der Waals surface area contributed by atoms with Crippen molar-refractivity contribution >= 4 is 5.97 Å². The summed E-state index contributed by atoms with van der Waals surface area (Å²) in [6.45, 7) is 12.5. The number of aliphatic hydroxyl groups is 15. The molecule has 0 bridgehead atoms. The summed E-state index contributed by atoms with van der Waals surface area (Å²) in [5.41, 5.74) is -1.93. The van der Waals surface area contributed by atoms with Crippen LogP contribution in [0.25, 0.3) is 0 Å². The van der Waals surface area contributed by atoms with E-state index in [2.05, 4.69) is 40.7 Å². The minimum Gasteiger partial charge on any atom is -0.432 e. The largest absolute Gasteiger partial charge is 0.432 e. The van der Waals surface area contributed by atoms with Gasteiger partial charge in [-0.05, 0) is 111 Å². The number of hydrogen-bond acceptors (Lipinski definition) is 26. The van der Waals surface area contributed by atoms with E-state index in [0.29, 0.717) is 51.4 Å². The van der Waals surface area contributed by atoms with E-state index in [-0.39, 0.29) is 47.2 Å². The Labute approximate surface area is 488 Å². The summed E-state index contributed by atoms with van der Waals surface area (Å²) in [4.78, 5) is 15.2. The molecular weight excluding hydrogens is 1110 g/mol. The maximum absolute atomic E-state index is 15.2. The molecule has 0 aromatic carbocycles. The van der Waals surface area contributed by atoms with Gasteiger partial charge in [0.25, 0.3) is 0 Å². The number of esters is 1. The summed E-state index contributed by atoms with van der Waals surface area (Å²) >= 11 is 0. The number of fused-ring (bicyclic) bond motifs is 7. The second-order valence-corrected chi connectivity index (χ2v) is 28.1. The molecule has 0 aromatic rings. The molecule has 0 unspecified atom stereocenters. The van der Waals surface area contributed by atoms with E-state index in [0.717, 1.165) is 12.8 Å². The zero-order valence-electron chi connectivity index (χ0n) is 49.0. The Morgan fingerprint density at radius 2 is 1.18 bits per heavy atom. The van der Waals surface area contributed by atoms with Crippen LogP contribution in [-0.2, 0) is 52.2 Å². The van der Waals surface area contributed by atoms with Crippen LogP contribution in [-0.4, -0.2) is 263 Å². The van der Waals surface area contributed by atoms with Crippen molar-refractivity contribution in [3.63, 3.8) is 0 Å². The standard InChI is InChI=1S/C58H94O26/c1-24-34(63)38(67)42(71)49(78-24)83-46-36(65)28(62)21-76-51(46)81-33-11-12-54(4)31(55(33,5)23-60)10-13-57(7)32(54)9-8-25-26-18-53(2,3)14-16-58(26,17-15-56(25,57)6)52(74)84-50-43(72)39(68)37(66)30(80-50)22-77-47-44(73)40(69)45(29(19-59)79-47)82-48-41(70)35(64)27(61)20-75-48/h8,24,26-51,59-73H,9-23H2,1-7H3/t24-,26-,27-,28-,29+,30+,31+,32+,33-,34-,35-,36-,37+,38+,39-,40+,41+,42+,43+,44+,45+,46+,47+,48-,49-,50-,51-,54-,55-,56+,57+,58-/m0/s1. The Hall–Kier alpha value is -1.75. The van der Waals surface area contributed by atoms with E-state index in [4.69, 9.17) is 47.4 Å². The number of carbonyl (C=O) groups excluding carboxylic acids is 1. The topological polar surface area (TPSA) is 413 Å². The molecule has 5 saturated heterocycles. The molecule has 0 amide bonds. The summed E-state index contributed by atoms with van der Waals surface area (Å²) < 4.78 is 59.1. The third-order valence-corrected chi connectivity index (χ3v) is 22.8. The molecule has 0 spiro atoms. The minimum absolute atomic E-state index is 0.0661. The van der Waals surface area contributed by atoms with E-state index in [1.54, 1.807) is 0 Å². The Morgan fingerprint density at radius 3 is 1.87 bits per heavy atom. The van der Waals surface area contributed by atoms with Gasteiger partial charge in [0.1, 0.15) is 104 Å². The number of rotatable bonds is 13. The monoisotopic (exact) mass is 1210 g/mol. The molecule has 0 radical (unpaired) electrons. The van der Waals surface area contributed by atoms with Gasteiger partial charge in [0.15, 0.2) is 25.2 Å². The highest BCUT2D eigenvalue weighted by Crippen LogP contribution is 2.76. The van der Waals surface area contributed by atoms with Gasteiger partial charge in [-0.15, -0.1) is 0 Å². The Kier molecular flexibility index (Phi) is 18.7. The van der Waals surface area contributed by atoms with E-state index in [1.807, 2.05) is 6.92 Å². The van der Waals surface area contributed by atoms with Crippen molar-refractivity contribution in [3.8, 4) is 0 Å². The maximum Gasteiger partial charge on any atom is 0.315 e. The van der Waals surface area contributed by atoms with Crippen LogP contribution in [0.2, 0.25) is 0 Å². The molecule has 5 heterocycles. The zero-order chi connectivity index (χ0) is 61.1. The van der Waals surface area contributed by atoms with Gasteiger partial charge < -0.3 is 124 Å². The van der Waals surface area contributed by atoms with Crippen LogP contribution in [0.4, 0.5) is 0 Å². The van der Waals surface area contributed by atoms with Gasteiger partial charge in [0, 0.05) is 5.41 Å². The number of hydrogen-bond donors (Lipinski definition) is 15. The van der Waals surface area contributed by atoms with Crippen molar-refractivity contribution in [2.75, 3.05) is 33.0 Å². The Balaban J connectivity index is 0.834. The zero-order valence-corrected chi connectivity index (χ0v) is 49.0. The molecule has 10 aliphatic rings. The summed E-state index contributed by atoms with van der Waals surface area (Å²) in [6, 6.07) is 0. The first kappa shape index (κ1) is 65.2. The fraction of sp³-hybridized carbons (Fsp3) is 0.948. The highest BCUT2D eigenvalue weighted by Gasteiger charge is 2.71. The van der Waals surface area contributed by atoms with Gasteiger partial charge in [-0.2, -0.15) is 0 Å². The fourth-order valence-corrected chi connectivity index (χ4v) is 17.3. The van der Waals surface area contributed by atoms with Gasteiger partial charge in [0.05, 0.1) is 50.7 Å². The smallest absolute Gasteiger partial charge is 0.315 e. The van der Waals surface area contributed by atoms with Gasteiger partial charge in [-0.25, -0.2) is 0 Å². The van der Waals surface area contributed by atoms with Crippen molar-refractivity contribution in [1.29, 1.82) is 0 Å². The third kappa shape index (κ3) is 10.9. The van der Waals surface area contributed by atoms with Crippen LogP contribution in [0.15, 0.2) is 11.6 Å². The Bertz CT molecular complexity index is 2330. The van der Waals surface area contributed by atoms with E-state index in [1.165, 1.54) is 12.5 Å². The fourth-order valence-electron chi connectivity index (χ4n) is 17.3. The summed E-state index contributed by atoms with van der Waals surface area (Å²) in [5.74, 6) is -0.857. The van der Waals surface area contributed by atoms with E-state index >= 15 is 4.79 Å². The molecule has 15 N–H and O–H groups in total. The van der Waals surface area contributed by atoms with Gasteiger partial charge in [0.2, 0.25) is 6.29 Å². The number of carbonyl (C=O) groups is 1. The lowest BCUT2D eigenvalue weighted by atomic mass is 9.33. The normalized spacial score (nSPS) is 54.9. The second kappa shape index (κ2) is 24.1. The van der Waals surface area contributed by atoms with Crippen LogP contribution < -0.4 is 0 Å². The molecule has 26 nitrogen and oxygen atoms in total. The molecule has 9 fully saturated rings. The average molecular weight is 1210 g/mol. The van der Waals surface area contributed by atoms with Crippen molar-refractivity contribution in [1.82, 2.24) is 0 Å². The van der Waals surface area contributed by atoms with Crippen LogP contribution in [0.5, 0.6) is 0 Å². The summed E-state index contributed by atoms with van der Waals surface area (Å²) in [6.07, 6.45) is -28.4. The molecule has 0 aromatic heterocycles. The molecule has 32 atom stereocenters. The molecule has 84 heavy (non-hydrogen) atoms. The number of ether oxygens (including phenoxy) is 10. The third-order valence-electron chi connectivity index (χ3n) is 22.8. The molecular formula is C58H94O26. The van der Waals surface area contributed by atoms with Gasteiger partial charge in [-0.3, -0.25) is 4.79 Å².